The first-order chi connectivity index (χ1) is 14.9. The summed E-state index contributed by atoms with van der Waals surface area (Å²) in [6, 6.07) is 3.10. The first-order valence-corrected chi connectivity index (χ1v) is 10.5. The number of carbonyl (C=O) groups is 1. The molecule has 0 saturated carbocycles. The Morgan fingerprint density at radius 1 is 1.29 bits per heavy atom. The predicted molar refractivity (Wildman–Crippen MR) is 116 cm³/mol. The van der Waals surface area contributed by atoms with Gasteiger partial charge in [-0.05, 0) is 51.1 Å². The Balaban J connectivity index is 0.000000241. The number of aldehydes is 1. The second-order valence-electron chi connectivity index (χ2n) is 6.91. The van der Waals surface area contributed by atoms with Gasteiger partial charge in [0.25, 0.3) is 12.2 Å². The van der Waals surface area contributed by atoms with E-state index in [1.807, 2.05) is 20.9 Å². The van der Waals surface area contributed by atoms with Crippen molar-refractivity contribution < 1.29 is 13.6 Å². The van der Waals surface area contributed by atoms with Crippen LogP contribution in [-0.2, 0) is 0 Å². The normalized spacial score (nSPS) is 16.3. The minimum Gasteiger partial charge on any atom is -0.306 e. The van der Waals surface area contributed by atoms with Crippen LogP contribution in [0.4, 0.5) is 8.78 Å². The van der Waals surface area contributed by atoms with E-state index in [9.17, 15) is 13.6 Å². The Labute approximate surface area is 185 Å². The number of likely N-dealkylation sites (N-methyl/N-ethyl adjacent to an activating group) is 1. The number of fused-ring (bicyclic) bond motifs is 1. The summed E-state index contributed by atoms with van der Waals surface area (Å²) in [4.78, 5) is 24.1. The van der Waals surface area contributed by atoms with E-state index in [0.717, 1.165) is 43.5 Å². The van der Waals surface area contributed by atoms with Gasteiger partial charge in [0.05, 0.1) is 5.69 Å². The molecule has 1 atom stereocenters. The van der Waals surface area contributed by atoms with Gasteiger partial charge in [0.15, 0.2) is 0 Å². The van der Waals surface area contributed by atoms with E-state index in [1.54, 1.807) is 17.5 Å². The van der Waals surface area contributed by atoms with Gasteiger partial charge in [0, 0.05) is 24.2 Å². The lowest BCUT2D eigenvalue weighted by Gasteiger charge is -2.29. The van der Waals surface area contributed by atoms with Crippen LogP contribution in [0.1, 0.15) is 66.3 Å². The molecule has 4 rings (SSSR count). The minimum absolute atomic E-state index is 0.198. The molecule has 10 heteroatoms. The largest absolute Gasteiger partial charge is 0.306 e. The van der Waals surface area contributed by atoms with Crippen LogP contribution in [0.3, 0.4) is 0 Å². The van der Waals surface area contributed by atoms with Gasteiger partial charge in [-0.3, -0.25) is 4.79 Å². The molecule has 3 aromatic rings. The molecular formula is C21H27ClF2N6O. The predicted octanol–water partition coefficient (Wildman–Crippen LogP) is 4.75. The molecule has 3 aromatic heterocycles. The van der Waals surface area contributed by atoms with E-state index in [4.69, 9.17) is 11.6 Å². The van der Waals surface area contributed by atoms with E-state index in [1.165, 1.54) is 18.6 Å². The van der Waals surface area contributed by atoms with Gasteiger partial charge < -0.3 is 4.90 Å². The molecule has 0 radical (unpaired) electrons. The third-order valence-corrected chi connectivity index (χ3v) is 5.26. The van der Waals surface area contributed by atoms with Crippen LogP contribution < -0.4 is 0 Å². The molecule has 0 spiro atoms. The summed E-state index contributed by atoms with van der Waals surface area (Å²) in [6.07, 6.45) is 3.09. The summed E-state index contributed by atoms with van der Waals surface area (Å²) < 4.78 is 27.4. The Kier molecular flexibility index (Phi) is 9.39. The SMILES string of the molecule is CC.CN1CCCC(c2cc(C(F)F)nc3ncnn23)C1.Cc1c(C=O)ccnc1Cl. The van der Waals surface area contributed by atoms with Crippen LogP contribution in [0.5, 0.6) is 0 Å². The number of likely N-dealkylation sites (tertiary alicyclic amines) is 1. The molecule has 168 valence electrons. The number of rotatable bonds is 3. The molecule has 0 amide bonds. The molecule has 0 bridgehead atoms. The third-order valence-electron chi connectivity index (χ3n) is 4.88. The number of pyridine rings is 1. The lowest BCUT2D eigenvalue weighted by atomic mass is 9.94. The molecule has 1 aliphatic heterocycles. The number of hydrogen-bond acceptors (Lipinski definition) is 6. The van der Waals surface area contributed by atoms with Crippen LogP contribution >= 0.6 is 11.6 Å². The van der Waals surface area contributed by atoms with Gasteiger partial charge in [-0.1, -0.05) is 25.4 Å². The fraction of sp³-hybridized carbons (Fsp3) is 0.476. The maximum Gasteiger partial charge on any atom is 0.280 e. The van der Waals surface area contributed by atoms with Crippen LogP contribution in [0.25, 0.3) is 5.78 Å². The fourth-order valence-corrected chi connectivity index (χ4v) is 3.48. The highest BCUT2D eigenvalue weighted by atomic mass is 35.5. The maximum absolute atomic E-state index is 12.9. The van der Waals surface area contributed by atoms with Gasteiger partial charge in [0.1, 0.15) is 23.5 Å². The smallest absolute Gasteiger partial charge is 0.280 e. The second-order valence-corrected chi connectivity index (χ2v) is 7.27. The first kappa shape index (κ1) is 24.7. The van der Waals surface area contributed by atoms with Gasteiger partial charge in [0.2, 0.25) is 0 Å². The summed E-state index contributed by atoms with van der Waals surface area (Å²) in [5.41, 5.74) is 1.90. The molecule has 0 aromatic carbocycles. The van der Waals surface area contributed by atoms with E-state index in [2.05, 4.69) is 25.0 Å². The van der Waals surface area contributed by atoms with Crippen LogP contribution in [0, 0.1) is 6.92 Å². The standard InChI is InChI=1S/C12H15F2N5.C7H6ClNO.C2H6/c1-18-4-2-3-8(6-18)10-5-9(11(13)14)17-12-15-7-16-19(10)12;1-5-6(4-10)2-3-9-7(5)8;1-2/h5,7-8,11H,2-4,6H2,1H3;2-4H,1H3;1-2H3. The lowest BCUT2D eigenvalue weighted by Crippen LogP contribution is -2.32. The number of carbonyl (C=O) groups excluding carboxylic acids is 1. The van der Waals surface area contributed by atoms with Crippen LogP contribution in [0.2, 0.25) is 5.15 Å². The number of halogens is 3. The van der Waals surface area contributed by atoms with Crippen LogP contribution in [0.15, 0.2) is 24.7 Å². The zero-order valence-corrected chi connectivity index (χ0v) is 18.9. The molecule has 31 heavy (non-hydrogen) atoms. The molecule has 0 aliphatic carbocycles. The van der Waals surface area contributed by atoms with Crippen LogP contribution in [-0.4, -0.2) is 55.9 Å². The number of hydrogen-bond donors (Lipinski definition) is 0. The molecule has 1 unspecified atom stereocenters. The highest BCUT2D eigenvalue weighted by molar-refractivity contribution is 6.30. The third kappa shape index (κ3) is 6.24. The number of piperidine rings is 1. The van der Waals surface area contributed by atoms with Crippen molar-refractivity contribution in [3.05, 3.63) is 52.3 Å². The summed E-state index contributed by atoms with van der Waals surface area (Å²) in [5, 5.41) is 4.49. The highest BCUT2D eigenvalue weighted by Crippen LogP contribution is 2.28. The second kappa shape index (κ2) is 11.8. The average Bonchev–Trinajstić information content (AvgIpc) is 3.25. The zero-order valence-electron chi connectivity index (χ0n) is 18.1. The van der Waals surface area contributed by atoms with E-state index in [-0.39, 0.29) is 17.4 Å². The topological polar surface area (TPSA) is 76.3 Å². The fourth-order valence-electron chi connectivity index (χ4n) is 3.32. The summed E-state index contributed by atoms with van der Waals surface area (Å²) in [7, 11) is 2.04. The van der Waals surface area contributed by atoms with E-state index >= 15 is 0 Å². The first-order valence-electron chi connectivity index (χ1n) is 10.1. The summed E-state index contributed by atoms with van der Waals surface area (Å²) in [6.45, 7) is 7.66. The van der Waals surface area contributed by atoms with Crippen molar-refractivity contribution in [2.75, 3.05) is 20.1 Å². The van der Waals surface area contributed by atoms with Gasteiger partial charge in [-0.15, -0.1) is 0 Å². The average molecular weight is 453 g/mol. The Hall–Kier alpha value is -2.52. The molecule has 1 fully saturated rings. The Morgan fingerprint density at radius 2 is 2.03 bits per heavy atom. The van der Waals surface area contributed by atoms with Crippen molar-refractivity contribution >= 4 is 23.7 Å². The van der Waals surface area contributed by atoms with Crippen molar-refractivity contribution in [1.82, 2.24) is 29.5 Å². The quantitative estimate of drug-likeness (QED) is 0.421. The van der Waals surface area contributed by atoms with Gasteiger partial charge in [-0.25, -0.2) is 23.3 Å². The molecule has 4 heterocycles. The van der Waals surface area contributed by atoms with Gasteiger partial charge >= 0.3 is 0 Å². The number of nitrogens with zero attached hydrogens (tertiary/aromatic N) is 6. The van der Waals surface area contributed by atoms with E-state index < -0.39 is 6.43 Å². The maximum atomic E-state index is 12.9. The molecule has 1 aliphatic rings. The zero-order chi connectivity index (χ0) is 23.0. The Morgan fingerprint density at radius 3 is 2.65 bits per heavy atom. The summed E-state index contributed by atoms with van der Waals surface area (Å²) in [5.74, 6) is 0.449. The van der Waals surface area contributed by atoms with Crippen molar-refractivity contribution in [2.45, 2.75) is 46.0 Å². The molecular weight excluding hydrogens is 426 g/mol. The molecule has 0 N–H and O–H groups in total. The number of alkyl halides is 2. The monoisotopic (exact) mass is 452 g/mol. The highest BCUT2D eigenvalue weighted by Gasteiger charge is 2.24. The van der Waals surface area contributed by atoms with E-state index in [0.29, 0.717) is 10.7 Å². The lowest BCUT2D eigenvalue weighted by molar-refractivity contribution is 0.112. The van der Waals surface area contributed by atoms with Crippen molar-refractivity contribution in [3.63, 3.8) is 0 Å². The van der Waals surface area contributed by atoms with Crippen molar-refractivity contribution in [3.8, 4) is 0 Å². The number of aromatic nitrogens is 5. The van der Waals surface area contributed by atoms with Crippen molar-refractivity contribution in [1.29, 1.82) is 0 Å². The summed E-state index contributed by atoms with van der Waals surface area (Å²) >= 11 is 5.62. The van der Waals surface area contributed by atoms with Gasteiger partial charge in [-0.2, -0.15) is 10.1 Å². The molecule has 1 saturated heterocycles. The van der Waals surface area contributed by atoms with Crippen molar-refractivity contribution in [2.24, 2.45) is 0 Å². The molecule has 7 nitrogen and oxygen atoms in total. The minimum atomic E-state index is -2.58. The Bertz CT molecular complexity index is 997.